The van der Waals surface area contributed by atoms with E-state index in [4.69, 9.17) is 9.84 Å². The normalized spacial score (nSPS) is 28.0. The lowest BCUT2D eigenvalue weighted by atomic mass is 10.2. The number of nitrogens with zero attached hydrogens (tertiary/aromatic N) is 3. The third-order valence-corrected chi connectivity index (χ3v) is 3.19. The standard InChI is InChI=1S/C11H13N3O4/c15-5-10-9(16)3-11(18-10)14-6-12-7-4-13(17)2-1-8(7)14/h1-2,4,6,9-11,15-16H,3,5H2/t9-,10+,11+/m0/s1. The first kappa shape index (κ1) is 11.4. The Bertz CT molecular complexity index is 570. The summed E-state index contributed by atoms with van der Waals surface area (Å²) in [4.78, 5) is 4.12. The van der Waals surface area contributed by atoms with Gasteiger partial charge in [0.1, 0.15) is 12.3 Å². The first-order valence-electron chi connectivity index (χ1n) is 5.69. The van der Waals surface area contributed by atoms with E-state index in [2.05, 4.69) is 4.98 Å². The van der Waals surface area contributed by atoms with Gasteiger partial charge in [0, 0.05) is 12.5 Å². The maximum atomic E-state index is 11.1. The van der Waals surface area contributed by atoms with Crippen molar-refractivity contribution in [1.29, 1.82) is 0 Å². The third-order valence-electron chi connectivity index (χ3n) is 3.19. The molecule has 2 aromatic rings. The van der Waals surface area contributed by atoms with Crippen molar-refractivity contribution in [3.63, 3.8) is 0 Å². The molecule has 2 aromatic heterocycles. The van der Waals surface area contributed by atoms with E-state index >= 15 is 0 Å². The van der Waals surface area contributed by atoms with Gasteiger partial charge in [0.15, 0.2) is 11.7 Å². The van der Waals surface area contributed by atoms with Crippen molar-refractivity contribution in [2.75, 3.05) is 6.61 Å². The minimum Gasteiger partial charge on any atom is -0.619 e. The highest BCUT2D eigenvalue weighted by atomic mass is 16.5. The summed E-state index contributed by atoms with van der Waals surface area (Å²) in [5, 5.41) is 29.9. The van der Waals surface area contributed by atoms with E-state index in [-0.39, 0.29) is 12.8 Å². The molecule has 0 aromatic carbocycles. The molecule has 3 rings (SSSR count). The molecule has 2 N–H and O–H groups in total. The summed E-state index contributed by atoms with van der Waals surface area (Å²) in [5.74, 6) is 0. The second-order valence-corrected chi connectivity index (χ2v) is 4.34. The summed E-state index contributed by atoms with van der Waals surface area (Å²) in [6, 6.07) is 1.65. The van der Waals surface area contributed by atoms with Crippen molar-refractivity contribution >= 4 is 11.0 Å². The van der Waals surface area contributed by atoms with Crippen molar-refractivity contribution in [2.45, 2.75) is 24.9 Å². The molecular formula is C11H13N3O4. The van der Waals surface area contributed by atoms with E-state index in [9.17, 15) is 10.3 Å². The first-order chi connectivity index (χ1) is 8.69. The molecule has 18 heavy (non-hydrogen) atoms. The summed E-state index contributed by atoms with van der Waals surface area (Å²) < 4.78 is 7.98. The van der Waals surface area contributed by atoms with Crippen LogP contribution >= 0.6 is 0 Å². The average molecular weight is 251 g/mol. The van der Waals surface area contributed by atoms with Crippen molar-refractivity contribution in [3.05, 3.63) is 30.0 Å². The fraction of sp³-hybridized carbons (Fsp3) is 0.455. The van der Waals surface area contributed by atoms with Crippen LogP contribution < -0.4 is 4.73 Å². The Morgan fingerprint density at radius 2 is 2.44 bits per heavy atom. The summed E-state index contributed by atoms with van der Waals surface area (Å²) >= 11 is 0. The van der Waals surface area contributed by atoms with Crippen LogP contribution in [0.25, 0.3) is 11.0 Å². The summed E-state index contributed by atoms with van der Waals surface area (Å²) in [6.45, 7) is -0.217. The van der Waals surface area contributed by atoms with Gasteiger partial charge >= 0.3 is 0 Å². The largest absolute Gasteiger partial charge is 0.619 e. The monoisotopic (exact) mass is 251 g/mol. The van der Waals surface area contributed by atoms with E-state index in [0.29, 0.717) is 16.7 Å². The maximum absolute atomic E-state index is 11.1. The average Bonchev–Trinajstić information content (AvgIpc) is 2.91. The van der Waals surface area contributed by atoms with Crippen LogP contribution in [0.5, 0.6) is 0 Å². The number of aromatic nitrogens is 3. The van der Waals surface area contributed by atoms with Crippen molar-refractivity contribution < 1.29 is 19.7 Å². The van der Waals surface area contributed by atoms with E-state index in [0.717, 1.165) is 5.52 Å². The number of hydrogen-bond donors (Lipinski definition) is 2. The highest BCUT2D eigenvalue weighted by Crippen LogP contribution is 2.30. The van der Waals surface area contributed by atoms with Gasteiger partial charge in [-0.15, -0.1) is 0 Å². The Morgan fingerprint density at radius 1 is 1.61 bits per heavy atom. The Labute approximate surface area is 102 Å². The number of imidazole rings is 1. The van der Waals surface area contributed by atoms with Crippen LogP contribution in [-0.2, 0) is 4.74 Å². The second-order valence-electron chi connectivity index (χ2n) is 4.34. The Kier molecular flexibility index (Phi) is 2.66. The van der Waals surface area contributed by atoms with Gasteiger partial charge in [0.25, 0.3) is 0 Å². The predicted molar refractivity (Wildman–Crippen MR) is 60.3 cm³/mol. The Balaban J connectivity index is 1.96. The molecular weight excluding hydrogens is 238 g/mol. The van der Waals surface area contributed by atoms with Crippen LogP contribution in [0.2, 0.25) is 0 Å². The zero-order chi connectivity index (χ0) is 12.7. The van der Waals surface area contributed by atoms with E-state index in [1.807, 2.05) is 0 Å². The van der Waals surface area contributed by atoms with Gasteiger partial charge in [0.05, 0.1) is 24.6 Å². The minimum atomic E-state index is -0.689. The van der Waals surface area contributed by atoms with Gasteiger partial charge in [-0.1, -0.05) is 0 Å². The topological polar surface area (TPSA) is 94.5 Å². The number of aliphatic hydroxyl groups is 2. The molecule has 0 saturated carbocycles. The molecule has 1 aliphatic rings. The van der Waals surface area contributed by atoms with Crippen LogP contribution in [0.3, 0.4) is 0 Å². The molecule has 0 unspecified atom stereocenters. The predicted octanol–water partition coefficient (Wildman–Crippen LogP) is -0.690. The zero-order valence-corrected chi connectivity index (χ0v) is 9.51. The van der Waals surface area contributed by atoms with Crippen LogP contribution in [-0.4, -0.2) is 38.6 Å². The molecule has 3 atom stereocenters. The molecule has 1 fully saturated rings. The minimum absolute atomic E-state index is 0.217. The lowest BCUT2D eigenvalue weighted by Gasteiger charge is -2.13. The van der Waals surface area contributed by atoms with E-state index < -0.39 is 12.2 Å². The number of ether oxygens (including phenoxy) is 1. The smallest absolute Gasteiger partial charge is 0.208 e. The summed E-state index contributed by atoms with van der Waals surface area (Å²) in [5.41, 5.74) is 1.33. The highest BCUT2D eigenvalue weighted by molar-refractivity contribution is 5.73. The molecule has 0 amide bonds. The molecule has 3 heterocycles. The van der Waals surface area contributed by atoms with Gasteiger partial charge in [-0.25, -0.2) is 4.98 Å². The van der Waals surface area contributed by atoms with Gasteiger partial charge in [0.2, 0.25) is 6.20 Å². The number of pyridine rings is 1. The molecule has 7 nitrogen and oxygen atoms in total. The van der Waals surface area contributed by atoms with Crippen molar-refractivity contribution in [3.8, 4) is 0 Å². The lowest BCUT2D eigenvalue weighted by molar-refractivity contribution is -0.604. The quantitative estimate of drug-likeness (QED) is 0.544. The molecule has 0 radical (unpaired) electrons. The van der Waals surface area contributed by atoms with Crippen LogP contribution in [0, 0.1) is 5.21 Å². The van der Waals surface area contributed by atoms with Crippen LogP contribution in [0.15, 0.2) is 24.8 Å². The molecule has 1 saturated heterocycles. The van der Waals surface area contributed by atoms with Gasteiger partial charge in [-0.2, -0.15) is 4.73 Å². The summed E-state index contributed by atoms with van der Waals surface area (Å²) in [6.07, 6.45) is 3.09. The van der Waals surface area contributed by atoms with Crippen LogP contribution in [0.1, 0.15) is 12.6 Å². The number of fused-ring (bicyclic) bond motifs is 1. The molecule has 0 bridgehead atoms. The number of rotatable bonds is 2. The molecule has 0 spiro atoms. The second kappa shape index (κ2) is 4.20. The molecule has 1 aliphatic heterocycles. The fourth-order valence-electron chi connectivity index (χ4n) is 2.24. The highest BCUT2D eigenvalue weighted by Gasteiger charge is 2.35. The zero-order valence-electron chi connectivity index (χ0n) is 9.51. The van der Waals surface area contributed by atoms with Gasteiger partial charge in [-0.05, 0) is 0 Å². The van der Waals surface area contributed by atoms with Gasteiger partial charge in [-0.3, -0.25) is 0 Å². The number of hydrogen-bond acceptors (Lipinski definition) is 5. The molecule has 96 valence electrons. The first-order valence-corrected chi connectivity index (χ1v) is 5.69. The van der Waals surface area contributed by atoms with Crippen molar-refractivity contribution in [1.82, 2.24) is 9.55 Å². The van der Waals surface area contributed by atoms with E-state index in [1.54, 1.807) is 17.0 Å². The fourth-order valence-corrected chi connectivity index (χ4v) is 2.24. The van der Waals surface area contributed by atoms with Gasteiger partial charge < -0.3 is 24.7 Å². The number of aliphatic hydroxyl groups excluding tert-OH is 2. The third kappa shape index (κ3) is 1.72. The summed E-state index contributed by atoms with van der Waals surface area (Å²) in [7, 11) is 0. The lowest BCUT2D eigenvalue weighted by Crippen LogP contribution is -2.24. The maximum Gasteiger partial charge on any atom is 0.208 e. The van der Waals surface area contributed by atoms with E-state index in [1.165, 1.54) is 12.4 Å². The molecule has 7 heteroatoms. The van der Waals surface area contributed by atoms with Crippen LogP contribution in [0.4, 0.5) is 0 Å². The Hall–Kier alpha value is -1.70. The van der Waals surface area contributed by atoms with Crippen molar-refractivity contribution in [2.24, 2.45) is 0 Å². The molecule has 0 aliphatic carbocycles. The SMILES string of the molecule is [O-][n+]1ccc2c(c1)ncn2[C@H]1C[C@H](O)[C@@H](CO)O1. The Morgan fingerprint density at radius 3 is 3.17 bits per heavy atom.